The molecule has 2 heteroatoms. The van der Waals surface area contributed by atoms with Gasteiger partial charge in [0.1, 0.15) is 0 Å². The predicted octanol–water partition coefficient (Wildman–Crippen LogP) is 3.85. The van der Waals surface area contributed by atoms with Crippen molar-refractivity contribution in [3.05, 3.63) is 40.7 Å². The maximum atomic E-state index is 4.61. The summed E-state index contributed by atoms with van der Waals surface area (Å²) in [5, 5.41) is 3.68. The van der Waals surface area contributed by atoms with E-state index in [1.54, 1.807) is 5.57 Å². The summed E-state index contributed by atoms with van der Waals surface area (Å²) < 4.78 is 0. The van der Waals surface area contributed by atoms with Gasteiger partial charge >= 0.3 is 0 Å². The second kappa shape index (κ2) is 6.14. The van der Waals surface area contributed by atoms with Gasteiger partial charge in [0.25, 0.3) is 0 Å². The summed E-state index contributed by atoms with van der Waals surface area (Å²) in [6, 6.07) is 4.74. The van der Waals surface area contributed by atoms with Crippen molar-refractivity contribution in [2.24, 2.45) is 0 Å². The Hall–Kier alpha value is -1.15. The minimum Gasteiger partial charge on any atom is -0.306 e. The van der Waals surface area contributed by atoms with Gasteiger partial charge in [0.05, 0.1) is 6.04 Å². The fourth-order valence-corrected chi connectivity index (χ4v) is 2.69. The summed E-state index contributed by atoms with van der Waals surface area (Å²) in [6.45, 7) is 7.46. The van der Waals surface area contributed by atoms with Gasteiger partial charge in [-0.3, -0.25) is 4.98 Å². The van der Waals surface area contributed by atoms with Crippen LogP contribution in [-0.4, -0.2) is 11.5 Å². The van der Waals surface area contributed by atoms with E-state index in [4.69, 9.17) is 0 Å². The normalized spacial score (nSPS) is 16.7. The van der Waals surface area contributed by atoms with E-state index in [1.807, 2.05) is 0 Å². The second-order valence-corrected chi connectivity index (χ2v) is 5.19. The maximum Gasteiger partial charge on any atom is 0.0554 e. The molecule has 1 atom stereocenters. The van der Waals surface area contributed by atoms with Gasteiger partial charge < -0.3 is 5.32 Å². The SMILES string of the molecule is CCCNC(C1=CCCC1)c1ccc(C)nc1C. The lowest BCUT2D eigenvalue weighted by molar-refractivity contribution is 0.574. The molecule has 0 saturated carbocycles. The first-order valence-electron chi connectivity index (χ1n) is 7.09. The Morgan fingerprint density at radius 3 is 2.78 bits per heavy atom. The Balaban J connectivity index is 2.26. The number of hydrogen-bond acceptors (Lipinski definition) is 2. The van der Waals surface area contributed by atoms with Crippen LogP contribution in [0.2, 0.25) is 0 Å². The molecule has 1 N–H and O–H groups in total. The van der Waals surface area contributed by atoms with Crippen molar-refractivity contribution < 1.29 is 0 Å². The zero-order valence-electron chi connectivity index (χ0n) is 11.8. The highest BCUT2D eigenvalue weighted by molar-refractivity contribution is 5.33. The lowest BCUT2D eigenvalue weighted by atomic mass is 9.96. The molecule has 0 amide bonds. The van der Waals surface area contributed by atoms with Crippen molar-refractivity contribution in [1.82, 2.24) is 10.3 Å². The van der Waals surface area contributed by atoms with E-state index in [2.05, 4.69) is 49.3 Å². The third-order valence-electron chi connectivity index (χ3n) is 3.62. The molecule has 2 rings (SSSR count). The van der Waals surface area contributed by atoms with Gasteiger partial charge in [-0.15, -0.1) is 0 Å². The number of nitrogens with one attached hydrogen (secondary N) is 1. The quantitative estimate of drug-likeness (QED) is 0.796. The van der Waals surface area contributed by atoms with E-state index in [-0.39, 0.29) is 0 Å². The second-order valence-electron chi connectivity index (χ2n) is 5.19. The monoisotopic (exact) mass is 244 g/mol. The highest BCUT2D eigenvalue weighted by Crippen LogP contribution is 2.31. The molecule has 0 saturated heterocycles. The van der Waals surface area contributed by atoms with E-state index < -0.39 is 0 Å². The zero-order valence-corrected chi connectivity index (χ0v) is 11.8. The first-order valence-corrected chi connectivity index (χ1v) is 7.09. The summed E-state index contributed by atoms with van der Waals surface area (Å²) >= 11 is 0. The minimum atomic E-state index is 0.376. The van der Waals surface area contributed by atoms with E-state index in [0.29, 0.717) is 6.04 Å². The van der Waals surface area contributed by atoms with Crippen LogP contribution in [0.15, 0.2) is 23.8 Å². The third-order valence-corrected chi connectivity index (χ3v) is 3.62. The van der Waals surface area contributed by atoms with Gasteiger partial charge in [-0.05, 0) is 57.7 Å². The van der Waals surface area contributed by atoms with Crippen LogP contribution in [0.4, 0.5) is 0 Å². The van der Waals surface area contributed by atoms with E-state index in [1.165, 1.54) is 31.2 Å². The average molecular weight is 244 g/mol. The number of pyridine rings is 1. The van der Waals surface area contributed by atoms with Crippen LogP contribution in [0.3, 0.4) is 0 Å². The first-order chi connectivity index (χ1) is 8.72. The largest absolute Gasteiger partial charge is 0.306 e. The van der Waals surface area contributed by atoms with E-state index >= 15 is 0 Å². The van der Waals surface area contributed by atoms with Crippen LogP contribution < -0.4 is 5.32 Å². The molecule has 1 aliphatic carbocycles. The summed E-state index contributed by atoms with van der Waals surface area (Å²) in [4.78, 5) is 4.61. The molecule has 1 aromatic heterocycles. The lowest BCUT2D eigenvalue weighted by Crippen LogP contribution is -2.24. The standard InChI is InChI=1S/C16H24N2/c1-4-11-17-16(14-7-5-6-8-14)15-10-9-12(2)18-13(15)3/h7,9-10,16-17H,4-6,8,11H2,1-3H3. The van der Waals surface area contributed by atoms with Gasteiger partial charge in [0, 0.05) is 11.4 Å². The molecule has 18 heavy (non-hydrogen) atoms. The van der Waals surface area contributed by atoms with E-state index in [9.17, 15) is 0 Å². The molecular formula is C16H24N2. The number of nitrogens with zero attached hydrogens (tertiary/aromatic N) is 1. The Kier molecular flexibility index (Phi) is 4.54. The van der Waals surface area contributed by atoms with Crippen molar-refractivity contribution in [3.63, 3.8) is 0 Å². The van der Waals surface area contributed by atoms with Gasteiger partial charge in [0.15, 0.2) is 0 Å². The number of rotatable bonds is 5. The molecule has 98 valence electrons. The summed E-state index contributed by atoms with van der Waals surface area (Å²) in [6.07, 6.45) is 7.35. The molecule has 1 aromatic rings. The van der Waals surface area contributed by atoms with Crippen molar-refractivity contribution in [2.75, 3.05) is 6.54 Å². The molecule has 0 aromatic carbocycles. The van der Waals surface area contributed by atoms with Crippen LogP contribution in [0, 0.1) is 13.8 Å². The molecule has 0 bridgehead atoms. The predicted molar refractivity (Wildman–Crippen MR) is 76.7 cm³/mol. The number of hydrogen-bond donors (Lipinski definition) is 1. The molecule has 0 radical (unpaired) electrons. The van der Waals surface area contributed by atoms with Crippen molar-refractivity contribution in [2.45, 2.75) is 52.5 Å². The van der Waals surface area contributed by atoms with Crippen LogP contribution in [0.25, 0.3) is 0 Å². The Labute approximate surface area is 111 Å². The van der Waals surface area contributed by atoms with Gasteiger partial charge in [-0.1, -0.05) is 24.6 Å². The molecular weight excluding hydrogens is 220 g/mol. The third kappa shape index (κ3) is 2.99. The zero-order chi connectivity index (χ0) is 13.0. The maximum absolute atomic E-state index is 4.61. The molecule has 1 heterocycles. The number of aromatic nitrogens is 1. The number of aryl methyl sites for hydroxylation is 2. The topological polar surface area (TPSA) is 24.9 Å². The van der Waals surface area contributed by atoms with Gasteiger partial charge in [-0.25, -0.2) is 0 Å². The van der Waals surface area contributed by atoms with Gasteiger partial charge in [0.2, 0.25) is 0 Å². The molecule has 2 nitrogen and oxygen atoms in total. The summed E-state index contributed by atoms with van der Waals surface area (Å²) in [5.41, 5.74) is 5.17. The van der Waals surface area contributed by atoms with Crippen LogP contribution in [0.1, 0.15) is 55.6 Å². The summed E-state index contributed by atoms with van der Waals surface area (Å²) in [7, 11) is 0. The smallest absolute Gasteiger partial charge is 0.0554 e. The average Bonchev–Trinajstić information content (AvgIpc) is 2.85. The molecule has 0 fully saturated rings. The minimum absolute atomic E-state index is 0.376. The van der Waals surface area contributed by atoms with Crippen molar-refractivity contribution >= 4 is 0 Å². The molecule has 0 aliphatic heterocycles. The Morgan fingerprint density at radius 1 is 1.33 bits per heavy atom. The van der Waals surface area contributed by atoms with Gasteiger partial charge in [-0.2, -0.15) is 0 Å². The van der Waals surface area contributed by atoms with Crippen LogP contribution in [-0.2, 0) is 0 Å². The van der Waals surface area contributed by atoms with Crippen LogP contribution in [0.5, 0.6) is 0 Å². The van der Waals surface area contributed by atoms with Crippen molar-refractivity contribution in [1.29, 1.82) is 0 Å². The van der Waals surface area contributed by atoms with E-state index in [0.717, 1.165) is 17.9 Å². The summed E-state index contributed by atoms with van der Waals surface area (Å²) in [5.74, 6) is 0. The first kappa shape index (κ1) is 13.3. The fourth-order valence-electron chi connectivity index (χ4n) is 2.69. The lowest BCUT2D eigenvalue weighted by Gasteiger charge is -2.22. The molecule has 0 spiro atoms. The molecule has 1 aliphatic rings. The van der Waals surface area contributed by atoms with Crippen molar-refractivity contribution in [3.8, 4) is 0 Å². The fraction of sp³-hybridized carbons (Fsp3) is 0.562. The van der Waals surface area contributed by atoms with Crippen LogP contribution >= 0.6 is 0 Å². The highest BCUT2D eigenvalue weighted by atomic mass is 14.9. The molecule has 1 unspecified atom stereocenters. The number of allylic oxidation sites excluding steroid dienone is 1. The Bertz CT molecular complexity index is 435. The highest BCUT2D eigenvalue weighted by Gasteiger charge is 2.20. The Morgan fingerprint density at radius 2 is 2.17 bits per heavy atom.